The molecule has 2 amide bonds. The maximum atomic E-state index is 11.5. The van der Waals surface area contributed by atoms with Gasteiger partial charge in [0.15, 0.2) is 0 Å². The molecule has 0 aliphatic heterocycles. The highest BCUT2D eigenvalue weighted by Crippen LogP contribution is 2.16. The molecular formula is C12H18N4O3. The first-order valence-electron chi connectivity index (χ1n) is 6.01. The van der Waals surface area contributed by atoms with E-state index in [1.165, 1.54) is 18.2 Å². The van der Waals surface area contributed by atoms with Gasteiger partial charge in [-0.25, -0.2) is 4.79 Å². The van der Waals surface area contributed by atoms with Crippen molar-refractivity contribution in [1.82, 2.24) is 10.6 Å². The standard InChI is InChI=1S/C12H18N4O3/c1-9(2)13-6-7-14-12(17)15-10-4-3-5-11(8-10)16(18)19/h3-5,8-9,13H,6-7H2,1-2H3,(H2,14,15,17). The summed E-state index contributed by atoms with van der Waals surface area (Å²) in [5.41, 5.74) is 0.336. The third-order valence-electron chi connectivity index (χ3n) is 2.28. The van der Waals surface area contributed by atoms with Crippen molar-refractivity contribution >= 4 is 17.4 Å². The molecule has 0 atom stereocenters. The summed E-state index contributed by atoms with van der Waals surface area (Å²) in [7, 11) is 0. The molecule has 1 rings (SSSR count). The fourth-order valence-electron chi connectivity index (χ4n) is 1.41. The zero-order chi connectivity index (χ0) is 14.3. The number of nitrogens with one attached hydrogen (secondary N) is 3. The summed E-state index contributed by atoms with van der Waals surface area (Å²) in [6.07, 6.45) is 0. The number of carbonyl (C=O) groups excluding carboxylic acids is 1. The number of rotatable bonds is 6. The van der Waals surface area contributed by atoms with Crippen LogP contribution in [0.15, 0.2) is 24.3 Å². The predicted molar refractivity (Wildman–Crippen MR) is 73.3 cm³/mol. The van der Waals surface area contributed by atoms with Crippen LogP contribution in [0.3, 0.4) is 0 Å². The smallest absolute Gasteiger partial charge is 0.319 e. The SMILES string of the molecule is CC(C)NCCNC(=O)Nc1cccc([N+](=O)[O-])c1. The number of nitro groups is 1. The van der Waals surface area contributed by atoms with Crippen molar-refractivity contribution in [1.29, 1.82) is 0 Å². The second-order valence-corrected chi connectivity index (χ2v) is 4.30. The maximum absolute atomic E-state index is 11.5. The van der Waals surface area contributed by atoms with Gasteiger partial charge >= 0.3 is 6.03 Å². The summed E-state index contributed by atoms with van der Waals surface area (Å²) in [4.78, 5) is 21.6. The van der Waals surface area contributed by atoms with Gasteiger partial charge in [-0.15, -0.1) is 0 Å². The van der Waals surface area contributed by atoms with Crippen LogP contribution in [-0.2, 0) is 0 Å². The van der Waals surface area contributed by atoms with Crippen molar-refractivity contribution in [3.8, 4) is 0 Å². The van der Waals surface area contributed by atoms with E-state index in [0.29, 0.717) is 24.8 Å². The lowest BCUT2D eigenvalue weighted by Crippen LogP contribution is -2.36. The van der Waals surface area contributed by atoms with Gasteiger partial charge in [0.05, 0.1) is 4.92 Å². The highest BCUT2D eigenvalue weighted by atomic mass is 16.6. The molecule has 0 aliphatic carbocycles. The minimum Gasteiger partial charge on any atom is -0.337 e. The maximum Gasteiger partial charge on any atom is 0.319 e. The molecule has 0 aliphatic rings. The molecule has 0 unspecified atom stereocenters. The van der Waals surface area contributed by atoms with Crippen LogP contribution in [0.5, 0.6) is 0 Å². The van der Waals surface area contributed by atoms with E-state index in [-0.39, 0.29) is 11.7 Å². The molecule has 104 valence electrons. The number of hydrogen-bond acceptors (Lipinski definition) is 4. The van der Waals surface area contributed by atoms with E-state index in [9.17, 15) is 14.9 Å². The second-order valence-electron chi connectivity index (χ2n) is 4.30. The Kier molecular flexibility index (Phi) is 5.74. The molecule has 0 saturated heterocycles. The number of nitro benzene ring substituents is 1. The normalized spacial score (nSPS) is 10.3. The van der Waals surface area contributed by atoms with E-state index < -0.39 is 4.92 Å². The lowest BCUT2D eigenvalue weighted by atomic mass is 10.3. The summed E-state index contributed by atoms with van der Waals surface area (Å²) >= 11 is 0. The summed E-state index contributed by atoms with van der Waals surface area (Å²) in [5.74, 6) is 0. The molecule has 0 fully saturated rings. The van der Waals surface area contributed by atoms with Gasteiger partial charge < -0.3 is 16.0 Å². The van der Waals surface area contributed by atoms with Gasteiger partial charge in [-0.2, -0.15) is 0 Å². The predicted octanol–water partition coefficient (Wildman–Crippen LogP) is 1.71. The number of urea groups is 1. The zero-order valence-corrected chi connectivity index (χ0v) is 11.0. The third kappa shape index (κ3) is 5.82. The van der Waals surface area contributed by atoms with Gasteiger partial charge in [0.1, 0.15) is 0 Å². The van der Waals surface area contributed by atoms with Crippen LogP contribution >= 0.6 is 0 Å². The van der Waals surface area contributed by atoms with Crippen LogP contribution in [-0.4, -0.2) is 30.1 Å². The average molecular weight is 266 g/mol. The van der Waals surface area contributed by atoms with E-state index in [0.717, 1.165) is 0 Å². The van der Waals surface area contributed by atoms with Gasteiger partial charge in [-0.05, 0) is 6.07 Å². The number of hydrogen-bond donors (Lipinski definition) is 3. The number of non-ortho nitro benzene ring substituents is 1. The van der Waals surface area contributed by atoms with Crippen molar-refractivity contribution in [2.75, 3.05) is 18.4 Å². The summed E-state index contributed by atoms with van der Waals surface area (Å²) < 4.78 is 0. The van der Waals surface area contributed by atoms with Crippen LogP contribution in [0, 0.1) is 10.1 Å². The minimum absolute atomic E-state index is 0.0562. The Morgan fingerprint density at radius 2 is 2.11 bits per heavy atom. The highest BCUT2D eigenvalue weighted by Gasteiger charge is 2.07. The first kappa shape index (κ1) is 14.9. The molecule has 0 bridgehead atoms. The van der Waals surface area contributed by atoms with Crippen molar-refractivity contribution in [2.45, 2.75) is 19.9 Å². The quantitative estimate of drug-likeness (QED) is 0.415. The monoisotopic (exact) mass is 266 g/mol. The third-order valence-corrected chi connectivity index (χ3v) is 2.28. The fourth-order valence-corrected chi connectivity index (χ4v) is 1.41. The zero-order valence-electron chi connectivity index (χ0n) is 11.0. The summed E-state index contributed by atoms with van der Waals surface area (Å²) in [6.45, 7) is 5.19. The van der Waals surface area contributed by atoms with Gasteiger partial charge in [0.25, 0.3) is 5.69 Å². The molecular weight excluding hydrogens is 248 g/mol. The molecule has 0 aromatic heterocycles. The molecule has 0 radical (unpaired) electrons. The van der Waals surface area contributed by atoms with E-state index >= 15 is 0 Å². The van der Waals surface area contributed by atoms with Crippen molar-refractivity contribution in [3.05, 3.63) is 34.4 Å². The fraction of sp³-hybridized carbons (Fsp3) is 0.417. The molecule has 7 heteroatoms. The molecule has 1 aromatic carbocycles. The van der Waals surface area contributed by atoms with Crippen molar-refractivity contribution in [3.63, 3.8) is 0 Å². The van der Waals surface area contributed by atoms with E-state index in [1.807, 2.05) is 13.8 Å². The number of anilines is 1. The number of nitrogens with zero attached hydrogens (tertiary/aromatic N) is 1. The second kappa shape index (κ2) is 7.32. The van der Waals surface area contributed by atoms with E-state index in [2.05, 4.69) is 16.0 Å². The highest BCUT2D eigenvalue weighted by molar-refractivity contribution is 5.89. The number of carbonyl (C=O) groups is 1. The minimum atomic E-state index is -0.504. The van der Waals surface area contributed by atoms with Crippen LogP contribution in [0.4, 0.5) is 16.2 Å². The summed E-state index contributed by atoms with van der Waals surface area (Å²) in [6, 6.07) is 5.78. The van der Waals surface area contributed by atoms with Crippen molar-refractivity contribution < 1.29 is 9.72 Å². The lowest BCUT2D eigenvalue weighted by molar-refractivity contribution is -0.384. The molecule has 0 heterocycles. The molecule has 7 nitrogen and oxygen atoms in total. The van der Waals surface area contributed by atoms with Gasteiger partial charge in [-0.1, -0.05) is 19.9 Å². The van der Waals surface area contributed by atoms with Crippen LogP contribution in [0.2, 0.25) is 0 Å². The van der Waals surface area contributed by atoms with Gasteiger partial charge in [-0.3, -0.25) is 10.1 Å². The van der Waals surface area contributed by atoms with Gasteiger partial charge in [0.2, 0.25) is 0 Å². The Balaban J connectivity index is 2.40. The molecule has 0 spiro atoms. The van der Waals surface area contributed by atoms with Gasteiger partial charge in [0, 0.05) is 37.0 Å². The Hall–Kier alpha value is -2.15. The van der Waals surface area contributed by atoms with Crippen LogP contribution in [0.1, 0.15) is 13.8 Å². The summed E-state index contributed by atoms with van der Waals surface area (Å²) in [5, 5.41) is 18.9. The molecule has 1 aromatic rings. The first-order valence-corrected chi connectivity index (χ1v) is 6.01. The van der Waals surface area contributed by atoms with E-state index in [1.54, 1.807) is 6.07 Å². The topological polar surface area (TPSA) is 96.3 Å². The lowest BCUT2D eigenvalue weighted by Gasteiger charge is -2.10. The van der Waals surface area contributed by atoms with E-state index in [4.69, 9.17) is 0 Å². The van der Waals surface area contributed by atoms with Crippen molar-refractivity contribution in [2.24, 2.45) is 0 Å². The largest absolute Gasteiger partial charge is 0.337 e. The Morgan fingerprint density at radius 3 is 2.74 bits per heavy atom. The van der Waals surface area contributed by atoms with Crippen LogP contribution < -0.4 is 16.0 Å². The number of benzene rings is 1. The number of amides is 2. The average Bonchev–Trinajstić information content (AvgIpc) is 2.34. The first-order chi connectivity index (χ1) is 8.99. The Morgan fingerprint density at radius 1 is 1.37 bits per heavy atom. The molecule has 3 N–H and O–H groups in total. The van der Waals surface area contributed by atoms with Crippen LogP contribution in [0.25, 0.3) is 0 Å². The molecule has 0 saturated carbocycles. The Bertz CT molecular complexity index is 448. The molecule has 19 heavy (non-hydrogen) atoms. The Labute approximate surface area is 111 Å².